The van der Waals surface area contributed by atoms with Crippen molar-refractivity contribution < 1.29 is 0 Å². The van der Waals surface area contributed by atoms with Gasteiger partial charge in [0.2, 0.25) is 6.33 Å². The van der Waals surface area contributed by atoms with Gasteiger partial charge >= 0.3 is 0 Å². The Morgan fingerprint density at radius 3 is 3.00 bits per heavy atom. The van der Waals surface area contributed by atoms with E-state index in [2.05, 4.69) is 23.4 Å². The fourth-order valence-electron chi connectivity index (χ4n) is 1.07. The van der Waals surface area contributed by atoms with Gasteiger partial charge in [0.25, 0.3) is 0 Å². The molecule has 2 heterocycles. The van der Waals surface area contributed by atoms with Gasteiger partial charge in [0.1, 0.15) is 0 Å². The van der Waals surface area contributed by atoms with Gasteiger partial charge in [-0.15, -0.1) is 10.2 Å². The monoisotopic (exact) mass is 146 g/mol. The third kappa shape index (κ3) is 0.808. The van der Waals surface area contributed by atoms with Gasteiger partial charge in [-0.1, -0.05) is 6.07 Å². The van der Waals surface area contributed by atoms with E-state index in [1.165, 1.54) is 5.56 Å². The topological polar surface area (TPSA) is 30.2 Å². The predicted octanol–water partition coefficient (Wildman–Crippen LogP) is 1.15. The second-order valence-electron chi connectivity index (χ2n) is 2.60. The molecule has 2 aromatic rings. The SMILES string of the molecule is Cc1ccc2nn[c]n2c1C. The van der Waals surface area contributed by atoms with Crippen LogP contribution in [-0.2, 0) is 0 Å². The van der Waals surface area contributed by atoms with Crippen molar-refractivity contribution in [3.63, 3.8) is 0 Å². The highest BCUT2D eigenvalue weighted by Gasteiger charge is 1.99. The van der Waals surface area contributed by atoms with Crippen molar-refractivity contribution in [2.24, 2.45) is 0 Å². The van der Waals surface area contributed by atoms with E-state index in [0.717, 1.165) is 11.3 Å². The Morgan fingerprint density at radius 1 is 1.36 bits per heavy atom. The molecule has 0 atom stereocenters. The number of nitrogens with zero attached hydrogens (tertiary/aromatic N) is 3. The van der Waals surface area contributed by atoms with Gasteiger partial charge in [-0.25, -0.2) is 0 Å². The standard InChI is InChI=1S/C8H8N3/c1-6-3-4-8-10-9-5-11(8)7(6)2/h3-4H,1-2H3. The van der Waals surface area contributed by atoms with E-state index in [9.17, 15) is 0 Å². The fraction of sp³-hybridized carbons (Fsp3) is 0.250. The molecule has 2 rings (SSSR count). The van der Waals surface area contributed by atoms with Crippen molar-refractivity contribution in [3.8, 4) is 0 Å². The summed E-state index contributed by atoms with van der Waals surface area (Å²) < 4.78 is 1.86. The van der Waals surface area contributed by atoms with Crippen molar-refractivity contribution in [3.05, 3.63) is 29.7 Å². The quantitative estimate of drug-likeness (QED) is 0.558. The van der Waals surface area contributed by atoms with Crippen molar-refractivity contribution >= 4 is 5.65 Å². The summed E-state index contributed by atoms with van der Waals surface area (Å²) in [7, 11) is 0. The van der Waals surface area contributed by atoms with E-state index < -0.39 is 0 Å². The van der Waals surface area contributed by atoms with E-state index in [1.807, 2.05) is 23.5 Å². The second kappa shape index (κ2) is 2.05. The van der Waals surface area contributed by atoms with Crippen molar-refractivity contribution in [1.82, 2.24) is 14.6 Å². The van der Waals surface area contributed by atoms with Gasteiger partial charge in [0.15, 0.2) is 5.65 Å². The lowest BCUT2D eigenvalue weighted by Gasteiger charge is -2.00. The maximum atomic E-state index is 3.88. The molecular formula is C8H8N3. The van der Waals surface area contributed by atoms with Crippen LogP contribution < -0.4 is 0 Å². The van der Waals surface area contributed by atoms with Crippen LogP contribution in [0.4, 0.5) is 0 Å². The number of hydrogen-bond donors (Lipinski definition) is 0. The lowest BCUT2D eigenvalue weighted by Crippen LogP contribution is -1.92. The molecule has 0 spiro atoms. The van der Waals surface area contributed by atoms with Crippen LogP contribution in [-0.4, -0.2) is 14.6 Å². The number of aryl methyl sites for hydroxylation is 2. The lowest BCUT2D eigenvalue weighted by atomic mass is 10.2. The fourth-order valence-corrected chi connectivity index (χ4v) is 1.07. The summed E-state index contributed by atoms with van der Waals surface area (Å²) in [5, 5.41) is 7.57. The lowest BCUT2D eigenvalue weighted by molar-refractivity contribution is 1.03. The Balaban J connectivity index is 2.93. The van der Waals surface area contributed by atoms with Crippen LogP contribution in [0.1, 0.15) is 11.3 Å². The first-order valence-corrected chi connectivity index (χ1v) is 3.48. The normalized spacial score (nSPS) is 10.7. The Morgan fingerprint density at radius 2 is 2.18 bits per heavy atom. The molecular weight excluding hydrogens is 138 g/mol. The summed E-state index contributed by atoms with van der Waals surface area (Å²) in [4.78, 5) is 0. The molecule has 0 amide bonds. The number of pyridine rings is 1. The number of hydrogen-bond acceptors (Lipinski definition) is 2. The van der Waals surface area contributed by atoms with Gasteiger partial charge < -0.3 is 0 Å². The molecule has 0 fully saturated rings. The average Bonchev–Trinajstić information content (AvgIpc) is 2.45. The first-order chi connectivity index (χ1) is 5.29. The molecule has 0 aliphatic heterocycles. The summed E-state index contributed by atoms with van der Waals surface area (Å²) in [5.74, 6) is 0. The van der Waals surface area contributed by atoms with E-state index >= 15 is 0 Å². The van der Waals surface area contributed by atoms with Gasteiger partial charge in [0.05, 0.1) is 0 Å². The zero-order valence-electron chi connectivity index (χ0n) is 6.50. The molecule has 2 aromatic heterocycles. The maximum Gasteiger partial charge on any atom is 0.207 e. The molecule has 1 radical (unpaired) electrons. The Bertz CT molecular complexity index is 389. The second-order valence-corrected chi connectivity index (χ2v) is 2.60. The predicted molar refractivity (Wildman–Crippen MR) is 41.3 cm³/mol. The summed E-state index contributed by atoms with van der Waals surface area (Å²) in [6, 6.07) is 3.97. The van der Waals surface area contributed by atoms with Crippen LogP contribution in [0, 0.1) is 20.2 Å². The van der Waals surface area contributed by atoms with Crippen molar-refractivity contribution in [2.75, 3.05) is 0 Å². The molecule has 0 aliphatic carbocycles. The van der Waals surface area contributed by atoms with Crippen LogP contribution in [0.3, 0.4) is 0 Å². The zero-order chi connectivity index (χ0) is 7.84. The van der Waals surface area contributed by atoms with Gasteiger partial charge in [-0.2, -0.15) is 0 Å². The van der Waals surface area contributed by atoms with E-state index in [4.69, 9.17) is 0 Å². The van der Waals surface area contributed by atoms with E-state index in [1.54, 1.807) is 0 Å². The summed E-state index contributed by atoms with van der Waals surface area (Å²) >= 11 is 0. The Hall–Kier alpha value is -1.38. The Kier molecular flexibility index (Phi) is 1.18. The molecule has 0 unspecified atom stereocenters. The third-order valence-electron chi connectivity index (χ3n) is 1.91. The van der Waals surface area contributed by atoms with Crippen LogP contribution in [0.25, 0.3) is 5.65 Å². The first-order valence-electron chi connectivity index (χ1n) is 3.48. The average molecular weight is 146 g/mol. The minimum Gasteiger partial charge on any atom is -0.277 e. The molecule has 0 saturated carbocycles. The summed E-state index contributed by atoms with van der Waals surface area (Å²) in [6.07, 6.45) is 2.78. The highest BCUT2D eigenvalue weighted by Crippen LogP contribution is 2.07. The highest BCUT2D eigenvalue weighted by molar-refractivity contribution is 5.40. The first kappa shape index (κ1) is 6.34. The van der Waals surface area contributed by atoms with Crippen LogP contribution in [0.15, 0.2) is 12.1 Å². The van der Waals surface area contributed by atoms with Crippen molar-refractivity contribution in [2.45, 2.75) is 13.8 Å². The molecule has 55 valence electrons. The Labute approximate surface area is 64.7 Å². The van der Waals surface area contributed by atoms with E-state index in [0.29, 0.717) is 0 Å². The van der Waals surface area contributed by atoms with Crippen LogP contribution >= 0.6 is 0 Å². The third-order valence-corrected chi connectivity index (χ3v) is 1.91. The molecule has 0 aliphatic rings. The smallest absolute Gasteiger partial charge is 0.207 e. The molecule has 11 heavy (non-hydrogen) atoms. The zero-order valence-corrected chi connectivity index (χ0v) is 6.50. The molecule has 0 aromatic carbocycles. The van der Waals surface area contributed by atoms with Crippen LogP contribution in [0.5, 0.6) is 0 Å². The van der Waals surface area contributed by atoms with E-state index in [-0.39, 0.29) is 0 Å². The molecule has 0 N–H and O–H groups in total. The van der Waals surface area contributed by atoms with Gasteiger partial charge in [-0.3, -0.25) is 4.40 Å². The van der Waals surface area contributed by atoms with Gasteiger partial charge in [-0.05, 0) is 25.5 Å². The molecule has 0 saturated heterocycles. The summed E-state index contributed by atoms with van der Waals surface area (Å²) in [5.41, 5.74) is 3.23. The molecule has 0 bridgehead atoms. The van der Waals surface area contributed by atoms with Crippen LogP contribution in [0.2, 0.25) is 0 Å². The number of rotatable bonds is 0. The van der Waals surface area contributed by atoms with Crippen molar-refractivity contribution in [1.29, 1.82) is 0 Å². The summed E-state index contributed by atoms with van der Waals surface area (Å²) in [6.45, 7) is 4.09. The highest BCUT2D eigenvalue weighted by atomic mass is 15.2. The number of fused-ring (bicyclic) bond motifs is 1. The molecule has 3 nitrogen and oxygen atoms in total. The minimum atomic E-state index is 0.855. The largest absolute Gasteiger partial charge is 0.277 e. The molecule has 3 heteroatoms. The minimum absolute atomic E-state index is 0.855. The van der Waals surface area contributed by atoms with Gasteiger partial charge in [0, 0.05) is 5.69 Å². The number of aromatic nitrogens is 3. The maximum absolute atomic E-state index is 3.88.